The van der Waals surface area contributed by atoms with Crippen LogP contribution in [0.3, 0.4) is 0 Å². The third-order valence-electron chi connectivity index (χ3n) is 4.28. The average molecular weight is 350 g/mol. The summed E-state index contributed by atoms with van der Waals surface area (Å²) in [5, 5.41) is 4.36. The largest absolute Gasteiger partial charge is 0.328 e. The number of hydrogen-bond acceptors (Lipinski definition) is 4. The van der Waals surface area contributed by atoms with Crippen LogP contribution in [0, 0.1) is 12.8 Å². The van der Waals surface area contributed by atoms with Crippen molar-refractivity contribution < 1.29 is 4.79 Å². The molecule has 1 amide bonds. The van der Waals surface area contributed by atoms with Crippen molar-refractivity contribution >= 4 is 34.0 Å². The molecule has 122 valence electrons. The lowest BCUT2D eigenvalue weighted by molar-refractivity contribution is -0.119. The molecule has 0 spiro atoms. The highest BCUT2D eigenvalue weighted by atomic mass is 35.5. The number of aromatic nitrogens is 1. The Balaban J connectivity index is 1.69. The van der Waals surface area contributed by atoms with Crippen LogP contribution in [0.15, 0.2) is 24.3 Å². The Bertz CT molecular complexity index is 716. The van der Waals surface area contributed by atoms with Gasteiger partial charge in [0.2, 0.25) is 5.91 Å². The standard InChI is InChI=1S/C17H20ClN3OS/c1-10-15(9-11-4-2-3-5-14(11)18)23-17(20-10)21-16(22)12-6-7-13(19)8-12/h2-5,12-13H,6-9,19H2,1H3,(H,20,21,22). The number of halogens is 1. The molecule has 0 radical (unpaired) electrons. The number of rotatable bonds is 4. The van der Waals surface area contributed by atoms with E-state index in [0.29, 0.717) is 5.13 Å². The van der Waals surface area contributed by atoms with E-state index in [-0.39, 0.29) is 17.9 Å². The number of hydrogen-bond donors (Lipinski definition) is 2. The Hall–Kier alpha value is -1.43. The Morgan fingerprint density at radius 2 is 2.22 bits per heavy atom. The molecule has 1 heterocycles. The van der Waals surface area contributed by atoms with Crippen molar-refractivity contribution in [2.24, 2.45) is 11.7 Å². The molecule has 1 saturated carbocycles. The fourth-order valence-electron chi connectivity index (χ4n) is 2.92. The summed E-state index contributed by atoms with van der Waals surface area (Å²) in [7, 11) is 0. The fraction of sp³-hybridized carbons (Fsp3) is 0.412. The highest BCUT2D eigenvalue weighted by molar-refractivity contribution is 7.15. The molecular weight excluding hydrogens is 330 g/mol. The summed E-state index contributed by atoms with van der Waals surface area (Å²) in [6, 6.07) is 7.95. The fourth-order valence-corrected chi connectivity index (χ4v) is 4.11. The molecular formula is C17H20ClN3OS. The SMILES string of the molecule is Cc1nc(NC(=O)C2CCC(N)C2)sc1Cc1ccccc1Cl. The van der Waals surface area contributed by atoms with Crippen molar-refractivity contribution in [2.75, 3.05) is 5.32 Å². The minimum absolute atomic E-state index is 0.0150. The number of benzene rings is 1. The number of nitrogens with one attached hydrogen (secondary N) is 1. The maximum Gasteiger partial charge on any atom is 0.229 e. The molecule has 1 aliphatic carbocycles. The molecule has 4 nitrogen and oxygen atoms in total. The number of aryl methyl sites for hydroxylation is 1. The molecule has 2 unspecified atom stereocenters. The van der Waals surface area contributed by atoms with E-state index in [4.69, 9.17) is 17.3 Å². The number of nitrogens with zero attached hydrogens (tertiary/aromatic N) is 1. The number of anilines is 1. The lowest BCUT2D eigenvalue weighted by Gasteiger charge is -2.08. The van der Waals surface area contributed by atoms with Crippen molar-refractivity contribution in [3.8, 4) is 0 Å². The third-order valence-corrected chi connectivity index (χ3v) is 5.72. The van der Waals surface area contributed by atoms with E-state index < -0.39 is 0 Å². The van der Waals surface area contributed by atoms with Crippen LogP contribution < -0.4 is 11.1 Å². The number of thiazole rings is 1. The first-order chi connectivity index (χ1) is 11.0. The Morgan fingerprint density at radius 1 is 1.43 bits per heavy atom. The zero-order valence-electron chi connectivity index (χ0n) is 13.0. The first-order valence-corrected chi connectivity index (χ1v) is 8.98. The van der Waals surface area contributed by atoms with Crippen LogP contribution in [0.1, 0.15) is 35.4 Å². The van der Waals surface area contributed by atoms with E-state index in [1.54, 1.807) is 0 Å². The van der Waals surface area contributed by atoms with Gasteiger partial charge in [-0.2, -0.15) is 0 Å². The summed E-state index contributed by atoms with van der Waals surface area (Å²) in [6.45, 7) is 1.96. The minimum atomic E-state index is 0.0150. The van der Waals surface area contributed by atoms with Gasteiger partial charge in [-0.15, -0.1) is 11.3 Å². The van der Waals surface area contributed by atoms with E-state index in [1.807, 2.05) is 31.2 Å². The first-order valence-electron chi connectivity index (χ1n) is 7.79. The van der Waals surface area contributed by atoms with E-state index in [9.17, 15) is 4.79 Å². The summed E-state index contributed by atoms with van der Waals surface area (Å²) >= 11 is 7.74. The molecule has 2 atom stereocenters. The van der Waals surface area contributed by atoms with Gasteiger partial charge in [0.1, 0.15) is 0 Å². The lowest BCUT2D eigenvalue weighted by atomic mass is 10.1. The summed E-state index contributed by atoms with van der Waals surface area (Å²) < 4.78 is 0. The van der Waals surface area contributed by atoms with Crippen LogP contribution in [0.2, 0.25) is 5.02 Å². The zero-order chi connectivity index (χ0) is 16.4. The smallest absolute Gasteiger partial charge is 0.229 e. The normalized spacial score (nSPS) is 20.7. The molecule has 0 bridgehead atoms. The van der Waals surface area contributed by atoms with Gasteiger partial charge in [-0.25, -0.2) is 4.98 Å². The van der Waals surface area contributed by atoms with Crippen molar-refractivity contribution in [1.29, 1.82) is 0 Å². The summed E-state index contributed by atoms with van der Waals surface area (Å²) in [4.78, 5) is 17.9. The van der Waals surface area contributed by atoms with E-state index >= 15 is 0 Å². The Kier molecular flexibility index (Phi) is 4.99. The molecule has 1 fully saturated rings. The van der Waals surface area contributed by atoms with Gasteiger partial charge >= 0.3 is 0 Å². The highest BCUT2D eigenvalue weighted by Gasteiger charge is 2.28. The second-order valence-corrected chi connectivity index (χ2v) is 7.55. The molecule has 0 saturated heterocycles. The van der Waals surface area contributed by atoms with Gasteiger partial charge in [-0.05, 0) is 37.8 Å². The second-order valence-electron chi connectivity index (χ2n) is 6.06. The molecule has 23 heavy (non-hydrogen) atoms. The van der Waals surface area contributed by atoms with Crippen LogP contribution >= 0.6 is 22.9 Å². The topological polar surface area (TPSA) is 68.0 Å². The van der Waals surface area contributed by atoms with Gasteiger partial charge in [-0.3, -0.25) is 4.79 Å². The van der Waals surface area contributed by atoms with Crippen LogP contribution in [0.5, 0.6) is 0 Å². The van der Waals surface area contributed by atoms with Gasteiger partial charge in [0, 0.05) is 28.3 Å². The third kappa shape index (κ3) is 3.91. The number of amides is 1. The lowest BCUT2D eigenvalue weighted by Crippen LogP contribution is -2.23. The molecule has 6 heteroatoms. The van der Waals surface area contributed by atoms with Crippen molar-refractivity contribution in [3.05, 3.63) is 45.4 Å². The molecule has 1 aromatic carbocycles. The molecule has 3 rings (SSSR count). The minimum Gasteiger partial charge on any atom is -0.328 e. The van der Waals surface area contributed by atoms with E-state index in [0.717, 1.165) is 46.8 Å². The number of carbonyl (C=O) groups is 1. The van der Waals surface area contributed by atoms with Gasteiger partial charge < -0.3 is 11.1 Å². The van der Waals surface area contributed by atoms with Crippen LogP contribution in [-0.4, -0.2) is 16.9 Å². The average Bonchev–Trinajstić information content (AvgIpc) is 3.08. The Labute approximate surface area is 145 Å². The zero-order valence-corrected chi connectivity index (χ0v) is 14.6. The van der Waals surface area contributed by atoms with Gasteiger partial charge in [0.15, 0.2) is 5.13 Å². The number of nitrogens with two attached hydrogens (primary N) is 1. The molecule has 0 aliphatic heterocycles. The first kappa shape index (κ1) is 16.4. The van der Waals surface area contributed by atoms with E-state index in [1.165, 1.54) is 11.3 Å². The van der Waals surface area contributed by atoms with Crippen LogP contribution in [0.4, 0.5) is 5.13 Å². The van der Waals surface area contributed by atoms with Crippen molar-refractivity contribution in [2.45, 2.75) is 38.6 Å². The monoisotopic (exact) mass is 349 g/mol. The maximum atomic E-state index is 12.3. The Morgan fingerprint density at radius 3 is 2.91 bits per heavy atom. The van der Waals surface area contributed by atoms with Crippen LogP contribution in [0.25, 0.3) is 0 Å². The van der Waals surface area contributed by atoms with Gasteiger partial charge in [0.05, 0.1) is 5.69 Å². The maximum absolute atomic E-state index is 12.3. The quantitative estimate of drug-likeness (QED) is 0.883. The molecule has 3 N–H and O–H groups in total. The summed E-state index contributed by atoms with van der Waals surface area (Å²) in [5.41, 5.74) is 7.89. The predicted octanol–water partition coefficient (Wildman–Crippen LogP) is 3.76. The number of carbonyl (C=O) groups excluding carboxylic acids is 1. The van der Waals surface area contributed by atoms with Crippen molar-refractivity contribution in [1.82, 2.24) is 4.98 Å². The van der Waals surface area contributed by atoms with Crippen LogP contribution in [-0.2, 0) is 11.2 Å². The van der Waals surface area contributed by atoms with Gasteiger partial charge in [0.25, 0.3) is 0 Å². The second kappa shape index (κ2) is 6.99. The van der Waals surface area contributed by atoms with Gasteiger partial charge in [-0.1, -0.05) is 29.8 Å². The molecule has 2 aromatic rings. The molecule has 1 aromatic heterocycles. The summed E-state index contributed by atoms with van der Waals surface area (Å²) in [6.07, 6.45) is 3.28. The predicted molar refractivity (Wildman–Crippen MR) is 95.1 cm³/mol. The van der Waals surface area contributed by atoms with Crippen molar-refractivity contribution in [3.63, 3.8) is 0 Å². The highest BCUT2D eigenvalue weighted by Crippen LogP contribution is 2.30. The molecule has 1 aliphatic rings. The van der Waals surface area contributed by atoms with E-state index in [2.05, 4.69) is 10.3 Å². The summed E-state index contributed by atoms with van der Waals surface area (Å²) in [5.74, 6) is 0.0530.